The van der Waals surface area contributed by atoms with Gasteiger partial charge < -0.3 is 28.7 Å². The smallest absolute Gasteiger partial charge is 0.756 e. The third-order valence-electron chi connectivity index (χ3n) is 5.02. The average molecular weight is 491 g/mol. The van der Waals surface area contributed by atoms with E-state index in [9.17, 15) is 19.0 Å². The van der Waals surface area contributed by atoms with Crippen molar-refractivity contribution in [2.75, 3.05) is 11.9 Å². The largest absolute Gasteiger partial charge is 1.00 e. The van der Waals surface area contributed by atoms with Crippen molar-refractivity contribution in [1.29, 1.82) is 0 Å². The van der Waals surface area contributed by atoms with E-state index in [1.807, 2.05) is 13.8 Å². The maximum absolute atomic E-state index is 12.2. The first kappa shape index (κ1) is 26.2. The van der Waals surface area contributed by atoms with Crippen molar-refractivity contribution in [3.8, 4) is 0 Å². The summed E-state index contributed by atoms with van der Waals surface area (Å²) in [7, 11) is -4.55. The quantitative estimate of drug-likeness (QED) is 0.260. The Balaban J connectivity index is 0.00000306. The van der Waals surface area contributed by atoms with Crippen LogP contribution in [0, 0.1) is 0 Å². The third kappa shape index (κ3) is 5.63. The number of ether oxygens (including phenoxy) is 2. The van der Waals surface area contributed by atoms with Crippen molar-refractivity contribution in [1.82, 2.24) is 19.5 Å². The minimum absolute atomic E-state index is 0. The molecule has 15 heteroatoms. The molecule has 2 aliphatic rings. The van der Waals surface area contributed by atoms with E-state index in [2.05, 4.69) is 20.3 Å². The molecule has 2 saturated heterocycles. The first-order valence-corrected chi connectivity index (χ1v) is 11.7. The fourth-order valence-corrected chi connectivity index (χ4v) is 4.57. The molecule has 174 valence electrons. The van der Waals surface area contributed by atoms with E-state index in [0.717, 1.165) is 0 Å². The number of amides is 1. The monoisotopic (exact) mass is 491 g/mol. The number of esters is 1. The molecule has 0 bridgehead atoms. The average Bonchev–Trinajstić information content (AvgIpc) is 3.30. The van der Waals surface area contributed by atoms with Gasteiger partial charge >= 0.3 is 35.5 Å². The number of fused-ring (bicyclic) bond motifs is 2. The number of aromatic nitrogens is 4. The van der Waals surface area contributed by atoms with E-state index in [-0.39, 0.29) is 54.3 Å². The van der Waals surface area contributed by atoms with Crippen molar-refractivity contribution >= 4 is 36.7 Å². The molecule has 0 saturated carbocycles. The van der Waals surface area contributed by atoms with E-state index < -0.39 is 38.3 Å². The summed E-state index contributed by atoms with van der Waals surface area (Å²) >= 11 is 0. The topological polar surface area (TPSA) is 167 Å². The second-order valence-electron chi connectivity index (χ2n) is 7.43. The van der Waals surface area contributed by atoms with Crippen LogP contribution in [0.4, 0.5) is 5.82 Å². The third-order valence-corrected chi connectivity index (χ3v) is 5.99. The summed E-state index contributed by atoms with van der Waals surface area (Å²) < 4.78 is 34.7. The van der Waals surface area contributed by atoms with Gasteiger partial charge in [-0.2, -0.15) is 0 Å². The van der Waals surface area contributed by atoms with Gasteiger partial charge in [-0.25, -0.2) is 15.0 Å². The van der Waals surface area contributed by atoms with Crippen LogP contribution >= 0.6 is 7.82 Å². The van der Waals surface area contributed by atoms with Crippen LogP contribution in [0.15, 0.2) is 12.7 Å². The Morgan fingerprint density at radius 1 is 1.27 bits per heavy atom. The number of carbonyl (C=O) groups is 2. The van der Waals surface area contributed by atoms with Gasteiger partial charge in [0.1, 0.15) is 18.5 Å². The minimum atomic E-state index is -4.55. The van der Waals surface area contributed by atoms with E-state index in [0.29, 0.717) is 30.4 Å². The number of phosphoric ester groups is 1. The molecule has 0 radical (unpaired) electrons. The zero-order chi connectivity index (χ0) is 22.9. The van der Waals surface area contributed by atoms with Crippen LogP contribution in [0.25, 0.3) is 11.2 Å². The summed E-state index contributed by atoms with van der Waals surface area (Å²) in [6, 6.07) is 0. The Labute approximate surface area is 211 Å². The van der Waals surface area contributed by atoms with Gasteiger partial charge in [0.25, 0.3) is 7.82 Å². The number of nitrogens with one attached hydrogen (secondary N) is 1. The number of carbonyl (C=O) groups excluding carboxylic acids is 2. The zero-order valence-electron chi connectivity index (χ0n) is 18.5. The molecule has 1 unspecified atom stereocenters. The Kier molecular flexibility index (Phi) is 8.62. The number of phosphoric acid groups is 1. The summed E-state index contributed by atoms with van der Waals surface area (Å²) in [4.78, 5) is 48.7. The summed E-state index contributed by atoms with van der Waals surface area (Å²) in [5.41, 5.74) is 0.610. The standard InChI is InChI=1S/C18H24N5O8P.Na/c1-3-5-11(24)22-16-13-17(20-8-19-16)23(9-21-13)18-15(30-12(25)6-4-2)14-10(29-18)7-28-32(26,27)31-14;/h8-10,14-15,18H,3-7H2,1-2H3,(H,26,27)(H,19,20,22,24);/q;+1/p-1/t10-,14-,15+,18-;/m0./s1. The molecule has 2 aromatic heterocycles. The molecule has 4 heterocycles. The molecule has 2 fully saturated rings. The molecule has 2 aliphatic heterocycles. The normalized spacial score (nSPS) is 28.7. The molecule has 1 amide bonds. The van der Waals surface area contributed by atoms with Gasteiger partial charge in [-0.1, -0.05) is 13.8 Å². The second-order valence-corrected chi connectivity index (χ2v) is 8.79. The molecule has 4 rings (SSSR count). The Morgan fingerprint density at radius 3 is 2.76 bits per heavy atom. The maximum Gasteiger partial charge on any atom is 1.00 e. The van der Waals surface area contributed by atoms with E-state index in [4.69, 9.17) is 18.5 Å². The van der Waals surface area contributed by atoms with Crippen LogP contribution in [0.2, 0.25) is 0 Å². The van der Waals surface area contributed by atoms with E-state index in [1.165, 1.54) is 17.2 Å². The van der Waals surface area contributed by atoms with Crippen LogP contribution in [0.3, 0.4) is 0 Å². The van der Waals surface area contributed by atoms with E-state index >= 15 is 0 Å². The Hall–Kier alpha value is -1.44. The summed E-state index contributed by atoms with van der Waals surface area (Å²) in [6.45, 7) is 3.43. The first-order valence-electron chi connectivity index (χ1n) is 10.3. The molecule has 2 aromatic rings. The van der Waals surface area contributed by atoms with Gasteiger partial charge in [-0.3, -0.25) is 18.7 Å². The van der Waals surface area contributed by atoms with Gasteiger partial charge in [0, 0.05) is 12.8 Å². The van der Waals surface area contributed by atoms with Crippen LogP contribution in [-0.4, -0.2) is 56.3 Å². The number of hydrogen-bond donors (Lipinski definition) is 1. The van der Waals surface area contributed by atoms with Crippen LogP contribution in [-0.2, 0) is 32.7 Å². The molecule has 0 aliphatic carbocycles. The number of rotatable bonds is 7. The van der Waals surface area contributed by atoms with Crippen molar-refractivity contribution in [3.05, 3.63) is 12.7 Å². The van der Waals surface area contributed by atoms with E-state index in [1.54, 1.807) is 0 Å². The Bertz CT molecular complexity index is 1070. The van der Waals surface area contributed by atoms with Gasteiger partial charge in [-0.05, 0) is 12.8 Å². The molecule has 1 N–H and O–H groups in total. The first-order chi connectivity index (χ1) is 15.3. The van der Waals surface area contributed by atoms with Gasteiger partial charge in [0.2, 0.25) is 5.91 Å². The van der Waals surface area contributed by atoms with Gasteiger partial charge in [0.05, 0.1) is 12.9 Å². The van der Waals surface area contributed by atoms with Gasteiger partial charge in [0.15, 0.2) is 29.3 Å². The second kappa shape index (κ2) is 10.9. The van der Waals surface area contributed by atoms with Crippen molar-refractivity contribution in [3.63, 3.8) is 0 Å². The van der Waals surface area contributed by atoms with Crippen LogP contribution in [0.1, 0.15) is 45.8 Å². The SMILES string of the molecule is CCCC(=O)Nc1ncnc2c1ncn2[C@H]1O[C@H]2COP(=O)([O-])O[C@@H]2[C@H]1OC(=O)CCC.[Na+]. The Morgan fingerprint density at radius 2 is 2.03 bits per heavy atom. The fraction of sp³-hybridized carbons (Fsp3) is 0.611. The molecule has 0 spiro atoms. The van der Waals surface area contributed by atoms with Crippen LogP contribution < -0.4 is 39.8 Å². The predicted octanol–water partition coefficient (Wildman–Crippen LogP) is -1.94. The molecule has 13 nitrogen and oxygen atoms in total. The summed E-state index contributed by atoms with van der Waals surface area (Å²) in [5.74, 6) is -0.506. The molecular formula is C18H23N5NaO8P. The fourth-order valence-electron chi connectivity index (χ4n) is 3.63. The van der Waals surface area contributed by atoms with Crippen molar-refractivity contribution < 1.29 is 67.1 Å². The summed E-state index contributed by atoms with van der Waals surface area (Å²) in [6.07, 6.45) is 0.404. The number of nitrogens with zero attached hydrogens (tertiary/aromatic N) is 4. The van der Waals surface area contributed by atoms with Crippen LogP contribution in [0.5, 0.6) is 0 Å². The molecule has 5 atom stereocenters. The van der Waals surface area contributed by atoms with Crippen molar-refractivity contribution in [2.24, 2.45) is 0 Å². The maximum atomic E-state index is 12.2. The molecule has 33 heavy (non-hydrogen) atoms. The molecule has 0 aromatic carbocycles. The van der Waals surface area contributed by atoms with Gasteiger partial charge in [-0.15, -0.1) is 0 Å². The zero-order valence-corrected chi connectivity index (χ0v) is 21.4. The molecular weight excluding hydrogens is 468 g/mol. The minimum Gasteiger partial charge on any atom is -0.756 e. The summed E-state index contributed by atoms with van der Waals surface area (Å²) in [5, 5.41) is 2.70. The van der Waals surface area contributed by atoms with Crippen molar-refractivity contribution in [2.45, 2.75) is 64.1 Å². The number of anilines is 1. The predicted molar refractivity (Wildman–Crippen MR) is 106 cm³/mol. The number of imidazole rings is 1. The number of hydrogen-bond acceptors (Lipinski definition) is 11.